The number of piperazine rings is 1. The quantitative estimate of drug-likeness (QED) is 0.345. The number of nitrogens with zero attached hydrogens (tertiary/aromatic N) is 4. The third-order valence-electron chi connectivity index (χ3n) is 7.64. The van der Waals surface area contributed by atoms with Crippen molar-refractivity contribution < 1.29 is 32.2 Å². The number of fused-ring (bicyclic) bond motifs is 1. The number of benzene rings is 2. The first kappa shape index (κ1) is 29.7. The maximum Gasteiger partial charge on any atom is 0.421 e. The van der Waals surface area contributed by atoms with Crippen LogP contribution < -0.4 is 25.6 Å². The van der Waals surface area contributed by atoms with Crippen molar-refractivity contribution in [1.29, 1.82) is 0 Å². The van der Waals surface area contributed by atoms with E-state index in [4.69, 9.17) is 9.47 Å². The number of methoxy groups -OCH3 is 2. The summed E-state index contributed by atoms with van der Waals surface area (Å²) >= 11 is 0. The van der Waals surface area contributed by atoms with Crippen molar-refractivity contribution in [2.45, 2.75) is 32.0 Å². The molecule has 0 atom stereocenters. The minimum atomic E-state index is -4.70. The standard InChI is InChI=1S/C29H32F3N7O4/c1-28(2)23-17(6-5-7-21(23)35-25(28)40)15-33-24-19(29(30,31)32)16-34-26(37-24)36-20-9-8-18(14-22(20)42-3)38-10-12-39(13-11-38)27(41)43-4/h5-9,14,16H,10-13,15H2,1-4H3,(H,35,40)(H2,33,34,36,37). The van der Waals surface area contributed by atoms with Gasteiger partial charge in [0.25, 0.3) is 0 Å². The number of rotatable bonds is 7. The average molecular weight is 600 g/mol. The van der Waals surface area contributed by atoms with Gasteiger partial charge in [0, 0.05) is 56.4 Å². The fraction of sp³-hybridized carbons (Fsp3) is 0.379. The van der Waals surface area contributed by atoms with Crippen molar-refractivity contribution in [3.63, 3.8) is 0 Å². The summed E-state index contributed by atoms with van der Waals surface area (Å²) in [6, 6.07) is 10.6. The fourth-order valence-electron chi connectivity index (χ4n) is 5.32. The van der Waals surface area contributed by atoms with Gasteiger partial charge in [0.15, 0.2) is 0 Å². The van der Waals surface area contributed by atoms with Gasteiger partial charge in [-0.15, -0.1) is 0 Å². The molecule has 2 aromatic carbocycles. The molecule has 1 fully saturated rings. The largest absolute Gasteiger partial charge is 0.494 e. The van der Waals surface area contributed by atoms with Crippen LogP contribution in [0.1, 0.15) is 30.5 Å². The van der Waals surface area contributed by atoms with Gasteiger partial charge < -0.3 is 35.2 Å². The van der Waals surface area contributed by atoms with Gasteiger partial charge in [-0.05, 0) is 43.2 Å². The zero-order chi connectivity index (χ0) is 30.9. The van der Waals surface area contributed by atoms with Gasteiger partial charge in [-0.1, -0.05) is 12.1 Å². The molecule has 3 heterocycles. The molecule has 0 saturated carbocycles. The lowest BCUT2D eigenvalue weighted by molar-refractivity contribution is -0.137. The van der Waals surface area contributed by atoms with E-state index < -0.39 is 23.0 Å². The number of halogens is 3. The van der Waals surface area contributed by atoms with Crippen molar-refractivity contribution in [1.82, 2.24) is 14.9 Å². The van der Waals surface area contributed by atoms with Gasteiger partial charge in [-0.2, -0.15) is 18.2 Å². The van der Waals surface area contributed by atoms with E-state index in [-0.39, 0.29) is 24.5 Å². The molecule has 0 unspecified atom stereocenters. The van der Waals surface area contributed by atoms with Crippen molar-refractivity contribution in [3.05, 3.63) is 59.3 Å². The van der Waals surface area contributed by atoms with Gasteiger partial charge in [0.05, 0.1) is 25.3 Å². The predicted molar refractivity (Wildman–Crippen MR) is 155 cm³/mol. The number of amides is 2. The minimum Gasteiger partial charge on any atom is -0.494 e. The van der Waals surface area contributed by atoms with Gasteiger partial charge in [-0.25, -0.2) is 9.78 Å². The Balaban J connectivity index is 1.36. The van der Waals surface area contributed by atoms with E-state index in [2.05, 4.69) is 30.8 Å². The molecule has 0 radical (unpaired) electrons. The summed E-state index contributed by atoms with van der Waals surface area (Å²) < 4.78 is 52.1. The van der Waals surface area contributed by atoms with E-state index in [0.29, 0.717) is 48.9 Å². The Kier molecular flexibility index (Phi) is 7.95. The number of hydrogen-bond donors (Lipinski definition) is 3. The number of aromatic nitrogens is 2. The second-order valence-corrected chi connectivity index (χ2v) is 10.7. The first-order chi connectivity index (χ1) is 20.4. The molecule has 14 heteroatoms. The summed E-state index contributed by atoms with van der Waals surface area (Å²) in [4.78, 5) is 36.0. The highest BCUT2D eigenvalue weighted by atomic mass is 19.4. The molecule has 0 aliphatic carbocycles. The number of nitrogens with one attached hydrogen (secondary N) is 3. The van der Waals surface area contributed by atoms with E-state index in [9.17, 15) is 22.8 Å². The summed E-state index contributed by atoms with van der Waals surface area (Å²) in [6.07, 6.45) is -4.34. The third-order valence-corrected chi connectivity index (χ3v) is 7.64. The zero-order valence-electron chi connectivity index (χ0n) is 24.1. The Morgan fingerprint density at radius 3 is 2.53 bits per heavy atom. The lowest BCUT2D eigenvalue weighted by atomic mass is 9.83. The van der Waals surface area contributed by atoms with Crippen LogP contribution in [0.4, 0.5) is 46.8 Å². The van der Waals surface area contributed by atoms with E-state index in [0.717, 1.165) is 17.4 Å². The molecule has 3 N–H and O–H groups in total. The number of hydrogen-bond acceptors (Lipinski definition) is 9. The topological polar surface area (TPSA) is 121 Å². The molecule has 1 aromatic heterocycles. The Bertz CT molecular complexity index is 1540. The molecule has 2 aliphatic rings. The molecule has 1 saturated heterocycles. The average Bonchev–Trinajstić information content (AvgIpc) is 3.23. The lowest BCUT2D eigenvalue weighted by Crippen LogP contribution is -2.48. The number of anilines is 5. The molecular weight excluding hydrogens is 567 g/mol. The van der Waals surface area contributed by atoms with Gasteiger partial charge >= 0.3 is 12.3 Å². The second-order valence-electron chi connectivity index (χ2n) is 10.7. The van der Waals surface area contributed by atoms with Crippen LogP contribution >= 0.6 is 0 Å². The van der Waals surface area contributed by atoms with Crippen molar-refractivity contribution in [2.24, 2.45) is 0 Å². The monoisotopic (exact) mass is 599 g/mol. The SMILES string of the molecule is COC(=O)N1CCN(c2ccc(Nc3ncc(C(F)(F)F)c(NCc4cccc5c4C(C)(C)C(=O)N5)n3)c(OC)c2)CC1. The Labute approximate surface area is 246 Å². The van der Waals surface area contributed by atoms with Gasteiger partial charge in [0.2, 0.25) is 11.9 Å². The van der Waals surface area contributed by atoms with Crippen LogP contribution in [0.3, 0.4) is 0 Å². The lowest BCUT2D eigenvalue weighted by Gasteiger charge is -2.35. The highest BCUT2D eigenvalue weighted by molar-refractivity contribution is 6.06. The van der Waals surface area contributed by atoms with Crippen LogP contribution in [0.2, 0.25) is 0 Å². The van der Waals surface area contributed by atoms with Gasteiger partial charge in [0.1, 0.15) is 17.1 Å². The number of alkyl halides is 3. The molecule has 228 valence electrons. The highest BCUT2D eigenvalue weighted by Gasteiger charge is 2.40. The minimum absolute atomic E-state index is 0.00234. The third kappa shape index (κ3) is 5.94. The summed E-state index contributed by atoms with van der Waals surface area (Å²) in [5.74, 6) is -0.214. The first-order valence-electron chi connectivity index (χ1n) is 13.6. The van der Waals surface area contributed by atoms with Crippen molar-refractivity contribution >= 4 is 40.8 Å². The van der Waals surface area contributed by atoms with Crippen LogP contribution in [0.15, 0.2) is 42.6 Å². The maximum absolute atomic E-state index is 13.9. The van der Waals surface area contributed by atoms with E-state index in [1.54, 1.807) is 49.1 Å². The predicted octanol–water partition coefficient (Wildman–Crippen LogP) is 4.98. The number of ether oxygens (including phenoxy) is 2. The smallest absolute Gasteiger partial charge is 0.421 e. The highest BCUT2D eigenvalue weighted by Crippen LogP contribution is 2.41. The molecule has 2 amide bonds. The number of carbonyl (C=O) groups is 2. The molecule has 43 heavy (non-hydrogen) atoms. The first-order valence-corrected chi connectivity index (χ1v) is 13.6. The van der Waals surface area contributed by atoms with Crippen LogP contribution in [0, 0.1) is 0 Å². The van der Waals surface area contributed by atoms with E-state index in [1.807, 2.05) is 6.07 Å². The van der Waals surface area contributed by atoms with Crippen molar-refractivity contribution in [3.8, 4) is 5.75 Å². The molecule has 3 aromatic rings. The normalized spacial score (nSPS) is 15.9. The fourth-order valence-corrected chi connectivity index (χ4v) is 5.32. The van der Waals surface area contributed by atoms with Crippen LogP contribution in [-0.4, -0.2) is 67.3 Å². The summed E-state index contributed by atoms with van der Waals surface area (Å²) in [5.41, 5.74) is 1.49. The van der Waals surface area contributed by atoms with Crippen LogP contribution in [0.25, 0.3) is 0 Å². The Morgan fingerprint density at radius 2 is 1.86 bits per heavy atom. The molecule has 5 rings (SSSR count). The molecule has 11 nitrogen and oxygen atoms in total. The van der Waals surface area contributed by atoms with E-state index >= 15 is 0 Å². The summed E-state index contributed by atoms with van der Waals surface area (Å²) in [5, 5.41) is 8.60. The molecule has 0 spiro atoms. The summed E-state index contributed by atoms with van der Waals surface area (Å²) in [6.45, 7) is 5.73. The van der Waals surface area contributed by atoms with E-state index in [1.165, 1.54) is 14.2 Å². The van der Waals surface area contributed by atoms with Crippen molar-refractivity contribution in [2.75, 3.05) is 61.2 Å². The molecular formula is C29H32F3N7O4. The molecule has 2 aliphatic heterocycles. The van der Waals surface area contributed by atoms with Crippen LogP contribution in [0.5, 0.6) is 5.75 Å². The second kappa shape index (κ2) is 11.5. The van der Waals surface area contributed by atoms with Gasteiger partial charge in [-0.3, -0.25) is 4.79 Å². The maximum atomic E-state index is 13.9. The Hall–Kier alpha value is -4.75. The Morgan fingerprint density at radius 1 is 1.12 bits per heavy atom. The zero-order valence-corrected chi connectivity index (χ0v) is 24.1. The summed E-state index contributed by atoms with van der Waals surface area (Å²) in [7, 11) is 2.83. The van der Waals surface area contributed by atoms with Crippen LogP contribution in [-0.2, 0) is 27.7 Å². The number of carbonyl (C=O) groups excluding carboxylic acids is 2. The molecule has 0 bridgehead atoms.